The van der Waals surface area contributed by atoms with Crippen LogP contribution in [-0.4, -0.2) is 31.6 Å². The predicted molar refractivity (Wildman–Crippen MR) is 95.6 cm³/mol. The van der Waals surface area contributed by atoms with Gasteiger partial charge in [0.2, 0.25) is 11.9 Å². The summed E-state index contributed by atoms with van der Waals surface area (Å²) in [5.41, 5.74) is 2.73. The first-order valence-corrected chi connectivity index (χ1v) is 8.28. The van der Waals surface area contributed by atoms with Crippen LogP contribution in [0.1, 0.15) is 6.42 Å². The second-order valence-corrected chi connectivity index (χ2v) is 6.38. The summed E-state index contributed by atoms with van der Waals surface area (Å²) in [4.78, 5) is 20.4. The van der Waals surface area contributed by atoms with Crippen molar-refractivity contribution in [1.82, 2.24) is 19.7 Å². The monoisotopic (exact) mass is 370 g/mol. The number of benzene rings is 1. The number of carbonyl (C=O) groups excluding carboxylic acids is 1. The second-order valence-electron chi connectivity index (χ2n) is 6.38. The Bertz CT molecular complexity index is 986. The van der Waals surface area contributed by atoms with Gasteiger partial charge in [0.15, 0.2) is 0 Å². The van der Waals surface area contributed by atoms with Crippen LogP contribution < -0.4 is 10.6 Å². The van der Waals surface area contributed by atoms with Crippen LogP contribution in [0.3, 0.4) is 0 Å². The molecule has 1 aromatic carbocycles. The number of nitrogens with zero attached hydrogens (tertiary/aromatic N) is 4. The summed E-state index contributed by atoms with van der Waals surface area (Å²) < 4.78 is 27.6. The van der Waals surface area contributed by atoms with Gasteiger partial charge in [-0.15, -0.1) is 0 Å². The van der Waals surface area contributed by atoms with E-state index in [2.05, 4.69) is 25.7 Å². The largest absolute Gasteiger partial charge is 0.326 e. The number of nitrogens with one attached hydrogen (secondary N) is 2. The molecule has 2 aromatic heterocycles. The van der Waals surface area contributed by atoms with Gasteiger partial charge in [0.05, 0.1) is 17.6 Å². The first kappa shape index (κ1) is 17.1. The van der Waals surface area contributed by atoms with Crippen molar-refractivity contribution in [2.24, 2.45) is 13.0 Å². The minimum atomic E-state index is -2.87. The lowest BCUT2D eigenvalue weighted by Crippen LogP contribution is -2.17. The van der Waals surface area contributed by atoms with Crippen molar-refractivity contribution in [3.63, 3.8) is 0 Å². The van der Waals surface area contributed by atoms with E-state index < -0.39 is 17.7 Å². The maximum atomic E-state index is 12.9. The van der Waals surface area contributed by atoms with E-state index in [1.165, 1.54) is 0 Å². The van der Waals surface area contributed by atoms with E-state index in [0.717, 1.165) is 11.3 Å². The van der Waals surface area contributed by atoms with Crippen molar-refractivity contribution in [3.05, 3.63) is 48.9 Å². The number of hydrogen-bond donors (Lipinski definition) is 2. The minimum Gasteiger partial charge on any atom is -0.326 e. The zero-order chi connectivity index (χ0) is 19.0. The van der Waals surface area contributed by atoms with E-state index in [4.69, 9.17) is 0 Å². The van der Waals surface area contributed by atoms with Gasteiger partial charge in [0.1, 0.15) is 5.92 Å². The van der Waals surface area contributed by atoms with E-state index in [-0.39, 0.29) is 6.42 Å². The second kappa shape index (κ2) is 6.42. The molecule has 0 aliphatic heterocycles. The molecule has 1 fully saturated rings. The molecule has 0 bridgehead atoms. The standard InChI is InChI=1S/C18H16F2N6O/c1-26-10-13(9-22-26)24-17-21-7-6-15(25-17)11-2-4-12(5-3-11)23-16(27)14-8-18(14,19)20/h2-7,9-10,14H,8H2,1H3,(H,23,27)(H,21,24,25)/t14-/m1/s1. The molecule has 9 heteroatoms. The molecule has 1 aliphatic carbocycles. The van der Waals surface area contributed by atoms with E-state index in [9.17, 15) is 13.6 Å². The quantitative estimate of drug-likeness (QED) is 0.720. The summed E-state index contributed by atoms with van der Waals surface area (Å²) in [5, 5.41) is 9.65. The highest BCUT2D eigenvalue weighted by Gasteiger charge is 2.61. The Morgan fingerprint density at radius 1 is 1.22 bits per heavy atom. The Hall–Kier alpha value is -3.36. The summed E-state index contributed by atoms with van der Waals surface area (Å²) in [6.07, 6.45) is 4.71. The van der Waals surface area contributed by atoms with Gasteiger partial charge in [-0.1, -0.05) is 12.1 Å². The van der Waals surface area contributed by atoms with Crippen molar-refractivity contribution < 1.29 is 13.6 Å². The van der Waals surface area contributed by atoms with E-state index in [0.29, 0.717) is 17.3 Å². The van der Waals surface area contributed by atoms with Crippen LogP contribution in [-0.2, 0) is 11.8 Å². The molecule has 7 nitrogen and oxygen atoms in total. The number of aryl methyl sites for hydroxylation is 1. The molecule has 1 saturated carbocycles. The zero-order valence-electron chi connectivity index (χ0n) is 14.4. The summed E-state index contributed by atoms with van der Waals surface area (Å²) in [6, 6.07) is 8.59. The molecule has 4 rings (SSSR count). The molecule has 3 aromatic rings. The topological polar surface area (TPSA) is 84.7 Å². The number of carbonyl (C=O) groups is 1. The third-order valence-electron chi connectivity index (χ3n) is 4.21. The molecular weight excluding hydrogens is 354 g/mol. The number of rotatable bonds is 5. The van der Waals surface area contributed by atoms with Gasteiger partial charge < -0.3 is 10.6 Å². The number of amides is 1. The summed E-state index contributed by atoms with van der Waals surface area (Å²) >= 11 is 0. The van der Waals surface area contributed by atoms with Crippen molar-refractivity contribution in [3.8, 4) is 11.3 Å². The van der Waals surface area contributed by atoms with Crippen molar-refractivity contribution in [2.75, 3.05) is 10.6 Å². The van der Waals surface area contributed by atoms with Gasteiger partial charge in [-0.3, -0.25) is 9.48 Å². The van der Waals surface area contributed by atoms with Crippen molar-refractivity contribution in [2.45, 2.75) is 12.3 Å². The van der Waals surface area contributed by atoms with E-state index >= 15 is 0 Å². The molecule has 27 heavy (non-hydrogen) atoms. The SMILES string of the molecule is Cn1cc(Nc2nccc(-c3ccc(NC(=O)[C@H]4CC4(F)F)cc3)n2)cn1. The Labute approximate surface area is 153 Å². The highest BCUT2D eigenvalue weighted by molar-refractivity contribution is 5.95. The molecule has 2 heterocycles. The summed E-state index contributed by atoms with van der Waals surface area (Å²) in [6.45, 7) is 0. The van der Waals surface area contributed by atoms with Crippen LogP contribution >= 0.6 is 0 Å². The zero-order valence-corrected chi connectivity index (χ0v) is 14.4. The fraction of sp³-hybridized carbons (Fsp3) is 0.222. The third-order valence-corrected chi connectivity index (χ3v) is 4.21. The van der Waals surface area contributed by atoms with Crippen LogP contribution in [0.2, 0.25) is 0 Å². The number of halogens is 2. The van der Waals surface area contributed by atoms with Crippen molar-refractivity contribution >= 4 is 23.2 Å². The maximum absolute atomic E-state index is 12.9. The van der Waals surface area contributed by atoms with Crippen LogP contribution in [0, 0.1) is 5.92 Å². The van der Waals surface area contributed by atoms with E-state index in [1.807, 2.05) is 7.05 Å². The van der Waals surface area contributed by atoms with Gasteiger partial charge in [0, 0.05) is 37.1 Å². The number of alkyl halides is 2. The fourth-order valence-corrected chi connectivity index (χ4v) is 2.65. The van der Waals surface area contributed by atoms with Crippen LogP contribution in [0.4, 0.5) is 26.1 Å². The molecule has 0 spiro atoms. The van der Waals surface area contributed by atoms with Crippen LogP contribution in [0.5, 0.6) is 0 Å². The minimum absolute atomic E-state index is 0.384. The first-order valence-electron chi connectivity index (χ1n) is 8.28. The van der Waals surface area contributed by atoms with Gasteiger partial charge in [0.25, 0.3) is 5.92 Å². The Balaban J connectivity index is 1.45. The van der Waals surface area contributed by atoms with Gasteiger partial charge >= 0.3 is 0 Å². The molecule has 138 valence electrons. The highest BCUT2D eigenvalue weighted by atomic mass is 19.3. The summed E-state index contributed by atoms with van der Waals surface area (Å²) in [5.74, 6) is -4.32. The Morgan fingerprint density at radius 3 is 2.59 bits per heavy atom. The highest BCUT2D eigenvalue weighted by Crippen LogP contribution is 2.49. The smallest absolute Gasteiger partial charge is 0.260 e. The van der Waals surface area contributed by atoms with Gasteiger partial charge in [-0.2, -0.15) is 5.10 Å². The fourth-order valence-electron chi connectivity index (χ4n) is 2.65. The lowest BCUT2D eigenvalue weighted by Gasteiger charge is -2.07. The number of hydrogen-bond acceptors (Lipinski definition) is 5. The normalized spacial score (nSPS) is 17.4. The molecule has 1 aliphatic rings. The van der Waals surface area contributed by atoms with Crippen LogP contribution in [0.15, 0.2) is 48.9 Å². The average molecular weight is 370 g/mol. The molecular formula is C18H16F2N6O. The number of aromatic nitrogens is 4. The van der Waals surface area contributed by atoms with Crippen molar-refractivity contribution in [1.29, 1.82) is 0 Å². The third kappa shape index (κ3) is 3.76. The molecule has 0 unspecified atom stereocenters. The maximum Gasteiger partial charge on any atom is 0.260 e. The van der Waals surface area contributed by atoms with Gasteiger partial charge in [-0.05, 0) is 18.2 Å². The lowest BCUT2D eigenvalue weighted by molar-refractivity contribution is -0.119. The molecule has 1 amide bonds. The number of anilines is 3. The van der Waals surface area contributed by atoms with Crippen LogP contribution in [0.25, 0.3) is 11.3 Å². The summed E-state index contributed by atoms with van der Waals surface area (Å²) in [7, 11) is 1.81. The van der Waals surface area contributed by atoms with E-state index in [1.54, 1.807) is 53.6 Å². The predicted octanol–water partition coefficient (Wildman–Crippen LogP) is 3.21. The molecule has 1 atom stereocenters. The average Bonchev–Trinajstić information content (AvgIpc) is 3.10. The molecule has 2 N–H and O–H groups in total. The first-order chi connectivity index (χ1) is 12.9. The lowest BCUT2D eigenvalue weighted by atomic mass is 10.1. The van der Waals surface area contributed by atoms with Gasteiger partial charge in [-0.25, -0.2) is 18.7 Å². The molecule has 0 saturated heterocycles. The Morgan fingerprint density at radius 2 is 1.96 bits per heavy atom. The molecule has 0 radical (unpaired) electrons. The Kier molecular flexibility index (Phi) is 4.06.